The van der Waals surface area contributed by atoms with Gasteiger partial charge in [-0.15, -0.1) is 0 Å². The first kappa shape index (κ1) is 76.2. The van der Waals surface area contributed by atoms with Crippen molar-refractivity contribution in [2.75, 3.05) is 19.6 Å². The summed E-state index contributed by atoms with van der Waals surface area (Å²) in [5, 5.41) is 0. The molecule has 554 valence electrons. The second kappa shape index (κ2) is 32.7. The summed E-state index contributed by atoms with van der Waals surface area (Å²) in [5.74, 6) is 0. The molecule has 4 nitrogen and oxygen atoms in total. The molecule has 16 rings (SSSR count). The summed E-state index contributed by atoms with van der Waals surface area (Å²) in [6, 6.07) is 98.6. The highest BCUT2D eigenvalue weighted by Crippen LogP contribution is 2.55. The SMILES string of the molecule is CCCCc1ccc(N2c3ccc(CCCC)cc3B3c4ccc(I)cc4N(c4cc(I)cc(CCCC)c4)c4cc(C(c5ccccc5)(c5ccccc5)c5cc6c7c(c5)N(c5cc(CCCC)cc(CCCC)c5)c5cc(CCCC)ccc5B7c5cc(C(C)(C)C)ccc5N6c5ccc(I)cc5)cc2c43)cc1. The lowest BCUT2D eigenvalue weighted by Gasteiger charge is -2.48. The summed E-state index contributed by atoms with van der Waals surface area (Å²) >= 11 is 7.72. The lowest BCUT2D eigenvalue weighted by Crippen LogP contribution is -2.62. The van der Waals surface area contributed by atoms with E-state index in [1.165, 1.54) is 167 Å². The molecule has 0 N–H and O–H groups in total. The number of benzene rings is 12. The molecule has 0 fully saturated rings. The van der Waals surface area contributed by atoms with Gasteiger partial charge < -0.3 is 19.6 Å². The molecule has 4 aliphatic heterocycles. The Hall–Kier alpha value is -7.84. The number of unbranched alkanes of at least 4 members (excludes halogenated alkanes) is 6. The molecule has 12 aromatic carbocycles. The summed E-state index contributed by atoms with van der Waals surface area (Å²) in [4.78, 5) is 10.9. The number of hydrogen-bond acceptors (Lipinski definition) is 4. The molecule has 110 heavy (non-hydrogen) atoms. The van der Waals surface area contributed by atoms with Crippen molar-refractivity contribution in [2.24, 2.45) is 0 Å². The fourth-order valence-electron chi connectivity index (χ4n) is 18.5. The molecule has 0 bridgehead atoms. The van der Waals surface area contributed by atoms with Crippen LogP contribution in [0.15, 0.2) is 243 Å². The third-order valence-corrected chi connectivity index (χ3v) is 26.1. The third kappa shape index (κ3) is 14.3. The Balaban J connectivity index is 1.10. The highest BCUT2D eigenvalue weighted by atomic mass is 127. The molecule has 0 aliphatic carbocycles. The van der Waals surface area contributed by atoms with Crippen LogP contribution in [0, 0.1) is 10.7 Å². The van der Waals surface area contributed by atoms with Gasteiger partial charge in [-0.2, -0.15) is 0 Å². The average Bonchev–Trinajstić information content (AvgIpc) is 0.685. The Bertz CT molecular complexity index is 5290. The van der Waals surface area contributed by atoms with E-state index in [2.05, 4.69) is 392 Å². The van der Waals surface area contributed by atoms with E-state index in [4.69, 9.17) is 0 Å². The minimum absolute atomic E-state index is 0.0724. The standard InChI is InChI=1S/C101H103B2I3N4/c1-10-16-28-68-38-46-82(47-39-68)107-90-52-41-69(29-17-11-2)59-88(90)102-87-51-45-80(105)67-93(87)110(85-58-73(33-21-15-6)55-81(106)66-85)97-65-78(62-94(107)98(97)102)101(74-34-24-22-25-35-74,75-36-26-23-27-37-75)77-63-95-99-96(64-77)109(84-56-71(31-19-13-4)54-72(57-84)32-20-14-5)92-60-70(30-18-12-3)40-50-86(92)103(99)89-61-76(100(7,8)9)42-53-91(89)108(95)83-48-43-79(104)44-49-83/h22-27,34-67H,10-21,28-33H2,1-9H3. The van der Waals surface area contributed by atoms with Gasteiger partial charge in [0.1, 0.15) is 0 Å². The number of anilines is 12. The second-order valence-corrected chi connectivity index (χ2v) is 36.4. The molecule has 0 saturated carbocycles. The monoisotopic (exact) mass is 1770 g/mol. The lowest BCUT2D eigenvalue weighted by molar-refractivity contribution is 0.591. The van der Waals surface area contributed by atoms with Crippen molar-refractivity contribution in [1.82, 2.24) is 0 Å². The Morgan fingerprint density at radius 3 is 1.13 bits per heavy atom. The first-order valence-corrected chi connectivity index (χ1v) is 44.5. The van der Waals surface area contributed by atoms with E-state index < -0.39 is 5.41 Å². The van der Waals surface area contributed by atoms with Crippen LogP contribution in [0.4, 0.5) is 68.2 Å². The van der Waals surface area contributed by atoms with Crippen LogP contribution in [0.3, 0.4) is 0 Å². The van der Waals surface area contributed by atoms with Crippen LogP contribution in [-0.4, -0.2) is 13.4 Å². The minimum Gasteiger partial charge on any atom is -0.311 e. The number of aryl methyl sites for hydroxylation is 6. The van der Waals surface area contributed by atoms with Gasteiger partial charge in [-0.1, -0.05) is 222 Å². The van der Waals surface area contributed by atoms with Gasteiger partial charge in [0.2, 0.25) is 0 Å². The van der Waals surface area contributed by atoms with E-state index in [0.29, 0.717) is 0 Å². The van der Waals surface area contributed by atoms with Gasteiger partial charge in [0.15, 0.2) is 0 Å². The molecule has 4 aliphatic rings. The lowest BCUT2D eigenvalue weighted by atomic mass is 9.33. The molecule has 0 atom stereocenters. The van der Waals surface area contributed by atoms with Gasteiger partial charge in [0.25, 0.3) is 13.4 Å². The summed E-state index contributed by atoms with van der Waals surface area (Å²) in [5.41, 5.74) is 36.1. The number of rotatable bonds is 26. The predicted octanol–water partition coefficient (Wildman–Crippen LogP) is 25.4. The van der Waals surface area contributed by atoms with Crippen LogP contribution in [0.2, 0.25) is 0 Å². The van der Waals surface area contributed by atoms with E-state index in [1.807, 2.05) is 0 Å². The smallest absolute Gasteiger partial charge is 0.252 e. The quantitative estimate of drug-likeness (QED) is 0.0304. The molecule has 4 heterocycles. The summed E-state index contributed by atoms with van der Waals surface area (Å²) in [6.45, 7) is 21.0. The molecule has 0 saturated heterocycles. The van der Waals surface area contributed by atoms with Crippen molar-refractivity contribution in [3.8, 4) is 0 Å². The van der Waals surface area contributed by atoms with E-state index >= 15 is 0 Å². The Kier molecular flexibility index (Phi) is 22.6. The summed E-state index contributed by atoms with van der Waals surface area (Å²) in [7, 11) is 0. The largest absolute Gasteiger partial charge is 0.311 e. The molecular formula is C101H103B2I3N4. The van der Waals surface area contributed by atoms with Crippen molar-refractivity contribution in [3.63, 3.8) is 0 Å². The molecule has 12 aromatic rings. The van der Waals surface area contributed by atoms with Crippen molar-refractivity contribution in [3.05, 3.63) is 315 Å². The number of nitrogens with zero attached hydrogens (tertiary/aromatic N) is 4. The number of hydrogen-bond donors (Lipinski definition) is 0. The zero-order valence-electron chi connectivity index (χ0n) is 65.9. The van der Waals surface area contributed by atoms with Gasteiger partial charge in [-0.25, -0.2) is 0 Å². The van der Waals surface area contributed by atoms with Crippen molar-refractivity contribution in [2.45, 2.75) is 189 Å². The van der Waals surface area contributed by atoms with Gasteiger partial charge >= 0.3 is 0 Å². The van der Waals surface area contributed by atoms with Crippen LogP contribution in [0.1, 0.15) is 201 Å². The molecule has 9 heteroatoms. The number of halogens is 3. The van der Waals surface area contributed by atoms with Crippen LogP contribution in [-0.2, 0) is 49.4 Å². The Morgan fingerprint density at radius 2 is 0.636 bits per heavy atom. The van der Waals surface area contributed by atoms with E-state index in [9.17, 15) is 0 Å². The maximum atomic E-state index is 2.78. The fourth-order valence-corrected chi connectivity index (χ4v) is 20.1. The van der Waals surface area contributed by atoms with Gasteiger partial charge in [0.05, 0.1) is 5.41 Å². The molecule has 0 aromatic heterocycles. The van der Waals surface area contributed by atoms with Crippen LogP contribution >= 0.6 is 67.8 Å². The normalized spacial score (nSPS) is 13.3. The fraction of sp³-hybridized carbons (Fsp3) is 0.287. The van der Waals surface area contributed by atoms with E-state index in [0.717, 1.165) is 121 Å². The van der Waals surface area contributed by atoms with Crippen LogP contribution < -0.4 is 52.4 Å². The number of fused-ring (bicyclic) bond motifs is 8. The highest BCUT2D eigenvalue weighted by Gasteiger charge is 2.50. The predicted molar refractivity (Wildman–Crippen MR) is 501 cm³/mol. The molecule has 0 amide bonds. The van der Waals surface area contributed by atoms with Gasteiger partial charge in [-0.05, 0) is 366 Å². The van der Waals surface area contributed by atoms with Crippen molar-refractivity contribution < 1.29 is 0 Å². The highest BCUT2D eigenvalue weighted by molar-refractivity contribution is 14.1. The van der Waals surface area contributed by atoms with Crippen molar-refractivity contribution in [1.29, 1.82) is 0 Å². The Morgan fingerprint density at radius 1 is 0.255 bits per heavy atom. The molecular weight excluding hydrogens is 1670 g/mol. The zero-order chi connectivity index (χ0) is 76.0. The minimum atomic E-state index is -0.989. The van der Waals surface area contributed by atoms with Crippen molar-refractivity contribution >= 4 is 182 Å². The summed E-state index contributed by atoms with van der Waals surface area (Å²) in [6.07, 6.45) is 19.9. The van der Waals surface area contributed by atoms with Crippen LogP contribution in [0.5, 0.6) is 0 Å². The topological polar surface area (TPSA) is 13.0 Å². The molecule has 0 radical (unpaired) electrons. The van der Waals surface area contributed by atoms with Crippen LogP contribution in [0.25, 0.3) is 0 Å². The molecule has 0 unspecified atom stereocenters. The van der Waals surface area contributed by atoms with Gasteiger partial charge in [-0.3, -0.25) is 0 Å². The maximum absolute atomic E-state index is 2.78. The average molecular weight is 1780 g/mol. The van der Waals surface area contributed by atoms with E-state index in [-0.39, 0.29) is 18.8 Å². The first-order chi connectivity index (χ1) is 53.6. The maximum Gasteiger partial charge on any atom is 0.252 e. The molecule has 0 spiro atoms. The summed E-state index contributed by atoms with van der Waals surface area (Å²) < 4.78 is 3.67. The van der Waals surface area contributed by atoms with E-state index in [1.54, 1.807) is 0 Å². The third-order valence-electron chi connectivity index (χ3n) is 24.1. The Labute approximate surface area is 698 Å². The first-order valence-electron chi connectivity index (χ1n) is 41.3. The zero-order valence-corrected chi connectivity index (χ0v) is 72.4. The second-order valence-electron chi connectivity index (χ2n) is 32.6. The van der Waals surface area contributed by atoms with Gasteiger partial charge in [0, 0.05) is 79.0 Å².